The number of aromatic nitrogens is 2. The van der Waals surface area contributed by atoms with Gasteiger partial charge in [0.2, 0.25) is 0 Å². The van der Waals surface area contributed by atoms with Crippen molar-refractivity contribution in [2.45, 2.75) is 23.9 Å². The first-order valence-corrected chi connectivity index (χ1v) is 6.32. The van der Waals surface area contributed by atoms with Crippen molar-refractivity contribution in [2.75, 3.05) is 6.54 Å². The van der Waals surface area contributed by atoms with Crippen LogP contribution in [0.1, 0.15) is 12.8 Å². The normalized spacial score (nSPS) is 19.0. The molecule has 1 aromatic heterocycles. The summed E-state index contributed by atoms with van der Waals surface area (Å²) < 4.78 is 25.7. The van der Waals surface area contributed by atoms with Gasteiger partial charge in [-0.2, -0.15) is 5.10 Å². The fraction of sp³-hybridized carbons (Fsp3) is 0.625. The summed E-state index contributed by atoms with van der Waals surface area (Å²) in [5.41, 5.74) is 5.79. The molecule has 7 heteroatoms. The molecule has 1 fully saturated rings. The minimum atomic E-state index is -3.47. The van der Waals surface area contributed by atoms with Gasteiger partial charge in [-0.25, -0.2) is 13.1 Å². The van der Waals surface area contributed by atoms with E-state index in [9.17, 15) is 8.42 Å². The highest BCUT2D eigenvalue weighted by atomic mass is 32.2. The molecule has 4 N–H and O–H groups in total. The first-order chi connectivity index (χ1) is 7.09. The zero-order valence-corrected chi connectivity index (χ0v) is 9.00. The van der Waals surface area contributed by atoms with Crippen LogP contribution in [0.2, 0.25) is 0 Å². The molecule has 15 heavy (non-hydrogen) atoms. The molecule has 1 aromatic rings. The lowest BCUT2D eigenvalue weighted by molar-refractivity contribution is 0.545. The van der Waals surface area contributed by atoms with E-state index >= 15 is 0 Å². The number of rotatable bonds is 5. The van der Waals surface area contributed by atoms with E-state index < -0.39 is 10.0 Å². The molecule has 0 bridgehead atoms. The average Bonchev–Trinajstić information content (AvgIpc) is 2.89. The van der Waals surface area contributed by atoms with Crippen LogP contribution in [0, 0.1) is 5.92 Å². The molecule has 0 aliphatic heterocycles. The lowest BCUT2D eigenvalue weighted by Gasteiger charge is -2.10. The van der Waals surface area contributed by atoms with E-state index in [2.05, 4.69) is 14.9 Å². The summed E-state index contributed by atoms with van der Waals surface area (Å²) in [5.74, 6) is 0.481. The molecule has 0 saturated heterocycles. The number of hydrogen-bond donors (Lipinski definition) is 3. The number of aromatic amines is 1. The first kappa shape index (κ1) is 10.6. The summed E-state index contributed by atoms with van der Waals surface area (Å²) in [5, 5.41) is 6.07. The van der Waals surface area contributed by atoms with Crippen LogP contribution in [-0.4, -0.2) is 31.2 Å². The second-order valence-electron chi connectivity index (χ2n) is 3.77. The molecule has 0 aromatic carbocycles. The van der Waals surface area contributed by atoms with Crippen LogP contribution in [0.3, 0.4) is 0 Å². The lowest BCUT2D eigenvalue weighted by Crippen LogP contribution is -2.38. The number of nitrogens with one attached hydrogen (secondary N) is 2. The van der Waals surface area contributed by atoms with Crippen molar-refractivity contribution in [3.8, 4) is 0 Å². The van der Waals surface area contributed by atoms with Crippen LogP contribution in [-0.2, 0) is 10.0 Å². The third-order valence-corrected chi connectivity index (χ3v) is 3.85. The third kappa shape index (κ3) is 2.55. The van der Waals surface area contributed by atoms with Crippen LogP contribution in [0.5, 0.6) is 0 Å². The van der Waals surface area contributed by atoms with Crippen LogP contribution < -0.4 is 10.5 Å². The topological polar surface area (TPSA) is 101 Å². The van der Waals surface area contributed by atoms with Gasteiger partial charge in [0.25, 0.3) is 10.0 Å². The molecule has 1 unspecified atom stereocenters. The van der Waals surface area contributed by atoms with E-state index in [-0.39, 0.29) is 17.6 Å². The monoisotopic (exact) mass is 230 g/mol. The van der Waals surface area contributed by atoms with Crippen molar-refractivity contribution in [1.82, 2.24) is 14.9 Å². The summed E-state index contributed by atoms with van der Waals surface area (Å²) in [7, 11) is -3.47. The molecule has 0 spiro atoms. The second-order valence-corrected chi connectivity index (χ2v) is 5.51. The van der Waals surface area contributed by atoms with E-state index in [1.807, 2.05) is 0 Å². The van der Waals surface area contributed by atoms with Gasteiger partial charge >= 0.3 is 0 Å². The zero-order chi connectivity index (χ0) is 10.9. The van der Waals surface area contributed by atoms with Crippen molar-refractivity contribution in [3.05, 3.63) is 12.3 Å². The molecule has 1 saturated carbocycles. The molecule has 6 nitrogen and oxygen atoms in total. The maximum Gasteiger partial charge on any atom is 0.257 e. The molecule has 84 valence electrons. The van der Waals surface area contributed by atoms with Gasteiger partial charge in [0.1, 0.15) is 0 Å². The smallest absolute Gasteiger partial charge is 0.257 e. The Bertz CT molecular complexity index is 410. The van der Waals surface area contributed by atoms with Crippen LogP contribution in [0.4, 0.5) is 0 Å². The Morgan fingerprint density at radius 3 is 2.93 bits per heavy atom. The number of H-pyrrole nitrogens is 1. The minimum absolute atomic E-state index is 0.0745. The highest BCUT2D eigenvalue weighted by Gasteiger charge is 2.29. The lowest BCUT2D eigenvalue weighted by atomic mass is 10.2. The van der Waals surface area contributed by atoms with Gasteiger partial charge in [-0.1, -0.05) is 0 Å². The molecular formula is C8H14N4O2S. The Kier molecular flexibility index (Phi) is 2.76. The maximum absolute atomic E-state index is 11.6. The van der Waals surface area contributed by atoms with Gasteiger partial charge in [0.05, 0.1) is 6.20 Å². The zero-order valence-electron chi connectivity index (χ0n) is 8.18. The third-order valence-electron chi connectivity index (χ3n) is 2.50. The van der Waals surface area contributed by atoms with E-state index in [0.29, 0.717) is 5.92 Å². The predicted molar refractivity (Wildman–Crippen MR) is 54.5 cm³/mol. The molecule has 0 amide bonds. The summed E-state index contributed by atoms with van der Waals surface area (Å²) >= 11 is 0. The molecule has 0 radical (unpaired) electrons. The summed E-state index contributed by atoms with van der Waals surface area (Å²) in [6.45, 7) is 0.284. The summed E-state index contributed by atoms with van der Waals surface area (Å²) in [6.07, 6.45) is 3.61. The Labute approximate surface area is 88.3 Å². The number of nitrogens with two attached hydrogens (primary N) is 1. The number of nitrogens with zero attached hydrogens (tertiary/aromatic N) is 1. The van der Waals surface area contributed by atoms with Crippen molar-refractivity contribution in [1.29, 1.82) is 0 Å². The number of sulfonamides is 1. The molecule has 1 aliphatic rings. The average molecular weight is 230 g/mol. The van der Waals surface area contributed by atoms with Crippen molar-refractivity contribution >= 4 is 10.0 Å². The van der Waals surface area contributed by atoms with Crippen molar-refractivity contribution < 1.29 is 8.42 Å². The SMILES string of the molecule is NC(CNS(=O)(=O)c1ccn[nH]1)C1CC1. The Hall–Kier alpha value is -0.920. The standard InChI is InChI=1S/C8H14N4O2S/c9-7(6-1-2-6)5-11-15(13,14)8-3-4-10-12-8/h3-4,6-7,11H,1-2,5,9H2,(H,10,12). The van der Waals surface area contributed by atoms with Gasteiger partial charge in [-0.05, 0) is 24.8 Å². The van der Waals surface area contributed by atoms with Crippen LogP contribution >= 0.6 is 0 Å². The summed E-state index contributed by atoms with van der Waals surface area (Å²) in [6, 6.07) is 1.33. The molecule has 2 rings (SSSR count). The highest BCUT2D eigenvalue weighted by Crippen LogP contribution is 2.31. The van der Waals surface area contributed by atoms with Crippen molar-refractivity contribution in [3.63, 3.8) is 0 Å². The fourth-order valence-corrected chi connectivity index (χ4v) is 2.35. The quantitative estimate of drug-likeness (QED) is 0.630. The largest absolute Gasteiger partial charge is 0.326 e. The van der Waals surface area contributed by atoms with Gasteiger partial charge in [0, 0.05) is 12.6 Å². The van der Waals surface area contributed by atoms with Gasteiger partial charge in [-0.15, -0.1) is 0 Å². The molecule has 1 atom stereocenters. The van der Waals surface area contributed by atoms with E-state index in [1.54, 1.807) is 0 Å². The maximum atomic E-state index is 11.6. The van der Waals surface area contributed by atoms with E-state index in [0.717, 1.165) is 12.8 Å². The highest BCUT2D eigenvalue weighted by molar-refractivity contribution is 7.89. The van der Waals surface area contributed by atoms with Gasteiger partial charge < -0.3 is 5.73 Å². The van der Waals surface area contributed by atoms with Crippen molar-refractivity contribution in [2.24, 2.45) is 11.7 Å². The first-order valence-electron chi connectivity index (χ1n) is 4.84. The number of hydrogen-bond acceptors (Lipinski definition) is 4. The Morgan fingerprint density at radius 1 is 1.67 bits per heavy atom. The predicted octanol–water partition coefficient (Wildman–Crippen LogP) is -0.575. The fourth-order valence-electron chi connectivity index (χ4n) is 1.37. The van der Waals surface area contributed by atoms with Gasteiger partial charge in [0.15, 0.2) is 5.03 Å². The van der Waals surface area contributed by atoms with Crippen LogP contribution in [0.25, 0.3) is 0 Å². The Morgan fingerprint density at radius 2 is 2.40 bits per heavy atom. The molecule has 1 heterocycles. The van der Waals surface area contributed by atoms with Crippen LogP contribution in [0.15, 0.2) is 17.3 Å². The van der Waals surface area contributed by atoms with Gasteiger partial charge in [-0.3, -0.25) is 5.10 Å². The second kappa shape index (κ2) is 3.92. The minimum Gasteiger partial charge on any atom is -0.326 e. The van der Waals surface area contributed by atoms with E-state index in [4.69, 9.17) is 5.73 Å². The molecule has 1 aliphatic carbocycles. The summed E-state index contributed by atoms with van der Waals surface area (Å²) in [4.78, 5) is 0. The molecular weight excluding hydrogens is 216 g/mol. The van der Waals surface area contributed by atoms with E-state index in [1.165, 1.54) is 12.3 Å². The Balaban J connectivity index is 1.93.